The Kier molecular flexibility index (Phi) is 8.34. The number of hydrogen-bond donors (Lipinski definition) is 1. The van der Waals surface area contributed by atoms with Gasteiger partial charge in [-0.1, -0.05) is 66.2 Å². The van der Waals surface area contributed by atoms with E-state index in [1.165, 1.54) is 0 Å². The summed E-state index contributed by atoms with van der Waals surface area (Å²) in [6.07, 6.45) is 1.59. The second kappa shape index (κ2) is 11.8. The number of ether oxygens (including phenoxy) is 1. The van der Waals surface area contributed by atoms with E-state index in [4.69, 9.17) is 16.3 Å². The third-order valence-corrected chi connectivity index (χ3v) is 6.26. The third-order valence-electron chi connectivity index (χ3n) is 6.01. The van der Waals surface area contributed by atoms with Crippen molar-refractivity contribution in [2.24, 2.45) is 5.92 Å². The van der Waals surface area contributed by atoms with Gasteiger partial charge in [-0.05, 0) is 53.8 Å². The van der Waals surface area contributed by atoms with Crippen LogP contribution in [-0.2, 0) is 29.3 Å². The van der Waals surface area contributed by atoms with E-state index in [0.717, 1.165) is 29.5 Å². The fourth-order valence-electron chi connectivity index (χ4n) is 4.17. The number of carbonyl (C=O) groups excluding carboxylic acids is 2. The summed E-state index contributed by atoms with van der Waals surface area (Å²) in [4.78, 5) is 27.4. The molecule has 1 fully saturated rings. The van der Waals surface area contributed by atoms with Crippen LogP contribution in [-0.4, -0.2) is 29.8 Å². The average molecular weight is 477 g/mol. The number of hydrogen-bond acceptors (Lipinski definition) is 3. The first-order valence-corrected chi connectivity index (χ1v) is 12.0. The van der Waals surface area contributed by atoms with Gasteiger partial charge in [0, 0.05) is 30.2 Å². The van der Waals surface area contributed by atoms with Crippen molar-refractivity contribution < 1.29 is 14.3 Å². The van der Waals surface area contributed by atoms with Crippen LogP contribution in [0.5, 0.6) is 0 Å². The van der Waals surface area contributed by atoms with Crippen LogP contribution in [0.2, 0.25) is 5.02 Å². The first kappa shape index (κ1) is 24.0. The summed E-state index contributed by atoms with van der Waals surface area (Å²) in [6.45, 7) is 2.62. The maximum absolute atomic E-state index is 12.8. The van der Waals surface area contributed by atoms with Gasteiger partial charge in [-0.2, -0.15) is 0 Å². The standard InChI is InChI=1S/C28H29ClN2O3/c29-26-13-11-24(12-14-26)28(33)31-15-5-10-25(18-31)27(32)30-17-22-8-4-9-23(16-22)20-34-19-21-6-2-1-3-7-21/h1-4,6-9,11-14,16,25H,5,10,15,17-20H2,(H,30,32). The van der Waals surface area contributed by atoms with Gasteiger partial charge in [-0.15, -0.1) is 0 Å². The van der Waals surface area contributed by atoms with Crippen molar-refractivity contribution in [2.75, 3.05) is 13.1 Å². The molecule has 5 nitrogen and oxygen atoms in total. The van der Waals surface area contributed by atoms with Crippen LogP contribution in [0.15, 0.2) is 78.9 Å². The molecule has 0 spiro atoms. The predicted molar refractivity (Wildman–Crippen MR) is 133 cm³/mol. The fourth-order valence-corrected chi connectivity index (χ4v) is 4.30. The molecule has 34 heavy (non-hydrogen) atoms. The molecule has 176 valence electrons. The van der Waals surface area contributed by atoms with E-state index in [1.807, 2.05) is 48.5 Å². The van der Waals surface area contributed by atoms with Crippen molar-refractivity contribution in [1.29, 1.82) is 0 Å². The lowest BCUT2D eigenvalue weighted by Gasteiger charge is -2.32. The zero-order valence-corrected chi connectivity index (χ0v) is 19.8. The Labute approximate surface area is 205 Å². The van der Waals surface area contributed by atoms with Gasteiger partial charge in [0.1, 0.15) is 0 Å². The van der Waals surface area contributed by atoms with Gasteiger partial charge in [0.25, 0.3) is 5.91 Å². The highest BCUT2D eigenvalue weighted by Gasteiger charge is 2.28. The number of rotatable bonds is 8. The number of halogens is 1. The molecule has 0 aromatic heterocycles. The Morgan fingerprint density at radius 3 is 2.41 bits per heavy atom. The SMILES string of the molecule is O=C(NCc1cccc(COCc2ccccc2)c1)C1CCCN(C(=O)c2ccc(Cl)cc2)C1. The molecule has 1 heterocycles. The van der Waals surface area contributed by atoms with Gasteiger partial charge in [0.05, 0.1) is 19.1 Å². The first-order chi connectivity index (χ1) is 16.6. The number of likely N-dealkylation sites (tertiary alicyclic amines) is 1. The second-order valence-corrected chi connectivity index (χ2v) is 9.05. The van der Waals surface area contributed by atoms with E-state index < -0.39 is 0 Å². The highest BCUT2D eigenvalue weighted by molar-refractivity contribution is 6.30. The molecule has 1 N–H and O–H groups in total. The Morgan fingerprint density at radius 2 is 1.62 bits per heavy atom. The minimum absolute atomic E-state index is 0.0145. The quantitative estimate of drug-likeness (QED) is 0.484. The number of benzene rings is 3. The lowest BCUT2D eigenvalue weighted by molar-refractivity contribution is -0.126. The van der Waals surface area contributed by atoms with Crippen LogP contribution >= 0.6 is 11.6 Å². The summed E-state index contributed by atoms with van der Waals surface area (Å²) >= 11 is 5.93. The number of amides is 2. The molecule has 1 atom stereocenters. The van der Waals surface area contributed by atoms with Gasteiger partial charge in [-0.25, -0.2) is 0 Å². The molecule has 0 bridgehead atoms. The molecule has 4 rings (SSSR count). The lowest BCUT2D eigenvalue weighted by atomic mass is 9.96. The smallest absolute Gasteiger partial charge is 0.253 e. The van der Waals surface area contributed by atoms with Crippen LogP contribution in [0.25, 0.3) is 0 Å². The second-order valence-electron chi connectivity index (χ2n) is 8.61. The summed E-state index contributed by atoms with van der Waals surface area (Å²) in [5.74, 6) is -0.279. The molecule has 6 heteroatoms. The number of piperidine rings is 1. The minimum atomic E-state index is -0.206. The lowest BCUT2D eigenvalue weighted by Crippen LogP contribution is -2.45. The zero-order valence-electron chi connectivity index (χ0n) is 19.1. The Bertz CT molecular complexity index is 1100. The molecule has 1 aliphatic heterocycles. The van der Waals surface area contributed by atoms with Crippen molar-refractivity contribution in [1.82, 2.24) is 10.2 Å². The molecule has 3 aromatic carbocycles. The highest BCUT2D eigenvalue weighted by Crippen LogP contribution is 2.20. The molecule has 0 radical (unpaired) electrons. The Morgan fingerprint density at radius 1 is 0.912 bits per heavy atom. The van der Waals surface area contributed by atoms with E-state index in [9.17, 15) is 9.59 Å². The number of nitrogens with zero attached hydrogens (tertiary/aromatic N) is 1. The third kappa shape index (κ3) is 6.69. The van der Waals surface area contributed by atoms with E-state index >= 15 is 0 Å². The molecular weight excluding hydrogens is 448 g/mol. The van der Waals surface area contributed by atoms with E-state index in [2.05, 4.69) is 11.4 Å². The molecule has 1 aliphatic rings. The minimum Gasteiger partial charge on any atom is -0.372 e. The predicted octanol–water partition coefficient (Wildman–Crippen LogP) is 5.23. The maximum Gasteiger partial charge on any atom is 0.253 e. The van der Waals surface area contributed by atoms with Crippen LogP contribution < -0.4 is 5.32 Å². The zero-order chi connectivity index (χ0) is 23.8. The molecule has 1 saturated heterocycles. The molecule has 2 amide bonds. The summed E-state index contributed by atoms with van der Waals surface area (Å²) in [7, 11) is 0. The van der Waals surface area contributed by atoms with Crippen LogP contribution in [0, 0.1) is 5.92 Å². The van der Waals surface area contributed by atoms with Crippen LogP contribution in [0.3, 0.4) is 0 Å². The number of carbonyl (C=O) groups is 2. The summed E-state index contributed by atoms with van der Waals surface area (Å²) in [6, 6.07) is 25.0. The summed E-state index contributed by atoms with van der Waals surface area (Å²) < 4.78 is 5.83. The highest BCUT2D eigenvalue weighted by atomic mass is 35.5. The summed E-state index contributed by atoms with van der Waals surface area (Å²) in [5, 5.41) is 3.65. The Hall–Kier alpha value is -3.15. The molecular formula is C28H29ClN2O3. The molecule has 0 saturated carbocycles. The maximum atomic E-state index is 12.8. The number of nitrogens with one attached hydrogen (secondary N) is 1. The van der Waals surface area contributed by atoms with Gasteiger partial charge < -0.3 is 15.0 Å². The van der Waals surface area contributed by atoms with E-state index in [-0.39, 0.29) is 17.7 Å². The van der Waals surface area contributed by atoms with Crippen molar-refractivity contribution >= 4 is 23.4 Å². The van der Waals surface area contributed by atoms with E-state index in [1.54, 1.807) is 29.2 Å². The normalized spacial score (nSPS) is 15.7. The van der Waals surface area contributed by atoms with Gasteiger partial charge >= 0.3 is 0 Å². The molecule has 1 unspecified atom stereocenters. The topological polar surface area (TPSA) is 58.6 Å². The largest absolute Gasteiger partial charge is 0.372 e. The fraction of sp³-hybridized carbons (Fsp3) is 0.286. The van der Waals surface area contributed by atoms with Crippen molar-refractivity contribution in [3.63, 3.8) is 0 Å². The Balaban J connectivity index is 1.26. The van der Waals surface area contributed by atoms with Gasteiger partial charge in [0.2, 0.25) is 5.91 Å². The van der Waals surface area contributed by atoms with Crippen molar-refractivity contribution in [2.45, 2.75) is 32.6 Å². The van der Waals surface area contributed by atoms with Crippen LogP contribution in [0.1, 0.15) is 39.9 Å². The molecule has 3 aromatic rings. The van der Waals surface area contributed by atoms with Gasteiger partial charge in [-0.3, -0.25) is 9.59 Å². The van der Waals surface area contributed by atoms with Crippen LogP contribution in [0.4, 0.5) is 0 Å². The first-order valence-electron chi connectivity index (χ1n) is 11.6. The van der Waals surface area contributed by atoms with Crippen molar-refractivity contribution in [3.8, 4) is 0 Å². The molecule has 0 aliphatic carbocycles. The van der Waals surface area contributed by atoms with Crippen molar-refractivity contribution in [3.05, 3.63) is 106 Å². The summed E-state index contributed by atoms with van der Waals surface area (Å²) in [5.41, 5.74) is 3.83. The van der Waals surface area contributed by atoms with E-state index in [0.29, 0.717) is 43.4 Å². The van der Waals surface area contributed by atoms with Gasteiger partial charge in [0.15, 0.2) is 0 Å². The average Bonchev–Trinajstić information content (AvgIpc) is 2.88. The monoisotopic (exact) mass is 476 g/mol.